The smallest absolute Gasteiger partial charge is 0.0653 e. The van der Waals surface area contributed by atoms with E-state index in [9.17, 15) is 0 Å². The van der Waals surface area contributed by atoms with Crippen molar-refractivity contribution in [1.82, 2.24) is 0 Å². The Labute approximate surface area is 267 Å². The molecule has 5 aromatic carbocycles. The summed E-state index contributed by atoms with van der Waals surface area (Å²) in [7, 11) is 0. The molecular formula is C43H38N2. The van der Waals surface area contributed by atoms with Crippen molar-refractivity contribution in [3.8, 4) is 11.1 Å². The molecule has 0 heterocycles. The van der Waals surface area contributed by atoms with Crippen molar-refractivity contribution in [2.75, 3.05) is 5.01 Å². The Morgan fingerprint density at radius 3 is 1.78 bits per heavy atom. The van der Waals surface area contributed by atoms with Gasteiger partial charge in [0.15, 0.2) is 0 Å². The van der Waals surface area contributed by atoms with Crippen LogP contribution in [0, 0.1) is 6.92 Å². The maximum atomic E-state index is 5.05. The van der Waals surface area contributed by atoms with Crippen LogP contribution >= 0.6 is 0 Å². The molecule has 220 valence electrons. The summed E-state index contributed by atoms with van der Waals surface area (Å²) in [6.07, 6.45) is 10.7. The largest absolute Gasteiger partial charge is 0.234 e. The lowest BCUT2D eigenvalue weighted by Crippen LogP contribution is -2.09. The Balaban J connectivity index is 1.36. The molecule has 0 fully saturated rings. The van der Waals surface area contributed by atoms with Crippen LogP contribution in [0.25, 0.3) is 28.3 Å². The highest BCUT2D eigenvalue weighted by Crippen LogP contribution is 2.44. The molecule has 0 aliphatic heterocycles. The summed E-state index contributed by atoms with van der Waals surface area (Å²) >= 11 is 0. The third kappa shape index (κ3) is 6.41. The highest BCUT2D eigenvalue weighted by atomic mass is 15.5. The number of allylic oxidation sites excluding steroid dienone is 6. The van der Waals surface area contributed by atoms with Crippen LogP contribution in [0.1, 0.15) is 48.6 Å². The standard InChI is InChI=1S/C43H38N2/c1-5-15-34(29-42(31(2)3)37-19-10-9-16-32(37)4)30-44-45(35-17-7-6-8-18-35)36-26-24-33(25-27-36)28-43-40-22-13-11-20-38(40)39-21-12-14-23-41(39)43/h5-30H,1-4H3/b15-5-,34-29+,44-30-. The topological polar surface area (TPSA) is 15.6 Å². The molecule has 0 unspecified atom stereocenters. The lowest BCUT2D eigenvalue weighted by molar-refractivity contribution is 1.09. The van der Waals surface area contributed by atoms with Gasteiger partial charge in [0, 0.05) is 0 Å². The Hall–Kier alpha value is -5.47. The van der Waals surface area contributed by atoms with Crippen molar-refractivity contribution in [3.63, 3.8) is 0 Å². The SMILES string of the molecule is C\C=C/C(/C=N\N(c1ccccc1)c1ccc(C=C2c3ccccc3-c3ccccc32)cc1)=C\C(=C(C)C)c1ccccc1C. The zero-order valence-electron chi connectivity index (χ0n) is 26.4. The van der Waals surface area contributed by atoms with E-state index in [1.54, 1.807) is 0 Å². The lowest BCUT2D eigenvalue weighted by atomic mass is 9.95. The van der Waals surface area contributed by atoms with Crippen molar-refractivity contribution in [2.45, 2.75) is 27.7 Å². The molecule has 0 spiro atoms. The molecule has 1 aliphatic carbocycles. The summed E-state index contributed by atoms with van der Waals surface area (Å²) < 4.78 is 0. The van der Waals surface area contributed by atoms with E-state index in [1.807, 2.05) is 36.3 Å². The fraction of sp³-hybridized carbons (Fsp3) is 0.0930. The van der Waals surface area contributed by atoms with E-state index >= 15 is 0 Å². The first-order valence-corrected chi connectivity index (χ1v) is 15.5. The minimum Gasteiger partial charge on any atom is -0.234 e. The molecule has 5 aromatic rings. The molecule has 0 saturated heterocycles. The van der Waals surface area contributed by atoms with E-state index in [-0.39, 0.29) is 0 Å². The minimum absolute atomic E-state index is 0.994. The number of hydrogen-bond donors (Lipinski definition) is 0. The van der Waals surface area contributed by atoms with Crippen molar-refractivity contribution >= 4 is 34.8 Å². The quantitative estimate of drug-likeness (QED) is 0.0990. The van der Waals surface area contributed by atoms with Crippen molar-refractivity contribution in [1.29, 1.82) is 0 Å². The number of hydrogen-bond acceptors (Lipinski definition) is 2. The fourth-order valence-corrected chi connectivity index (χ4v) is 5.91. The summed E-state index contributed by atoms with van der Waals surface area (Å²) in [6.45, 7) is 8.54. The van der Waals surface area contributed by atoms with E-state index in [4.69, 9.17) is 5.10 Å². The number of anilines is 2. The highest BCUT2D eigenvalue weighted by Gasteiger charge is 2.22. The normalized spacial score (nSPS) is 12.4. The van der Waals surface area contributed by atoms with Gasteiger partial charge >= 0.3 is 0 Å². The molecule has 0 aromatic heterocycles. The average Bonchev–Trinajstić information content (AvgIpc) is 3.38. The summed E-state index contributed by atoms with van der Waals surface area (Å²) in [5.41, 5.74) is 15.6. The van der Waals surface area contributed by atoms with Crippen LogP contribution in [0.2, 0.25) is 0 Å². The fourth-order valence-electron chi connectivity index (χ4n) is 5.91. The Morgan fingerprint density at radius 1 is 0.622 bits per heavy atom. The summed E-state index contributed by atoms with van der Waals surface area (Å²) in [6, 6.07) is 44.9. The second-order valence-electron chi connectivity index (χ2n) is 11.5. The monoisotopic (exact) mass is 582 g/mol. The summed E-state index contributed by atoms with van der Waals surface area (Å²) in [5.74, 6) is 0. The molecule has 0 saturated carbocycles. The third-order valence-electron chi connectivity index (χ3n) is 8.14. The van der Waals surface area contributed by atoms with E-state index in [0.717, 1.165) is 22.5 Å². The molecular weight excluding hydrogens is 544 g/mol. The first-order chi connectivity index (χ1) is 22.0. The van der Waals surface area contributed by atoms with Crippen LogP contribution < -0.4 is 5.01 Å². The predicted molar refractivity (Wildman–Crippen MR) is 195 cm³/mol. The van der Waals surface area contributed by atoms with Crippen LogP contribution in [0.4, 0.5) is 11.4 Å². The summed E-state index contributed by atoms with van der Waals surface area (Å²) in [4.78, 5) is 0. The van der Waals surface area contributed by atoms with Crippen molar-refractivity contribution in [2.24, 2.45) is 5.10 Å². The zero-order chi connectivity index (χ0) is 31.2. The van der Waals surface area contributed by atoms with Gasteiger partial charge in [-0.3, -0.25) is 0 Å². The molecule has 2 nitrogen and oxygen atoms in total. The second-order valence-corrected chi connectivity index (χ2v) is 11.5. The van der Waals surface area contributed by atoms with Gasteiger partial charge in [-0.2, -0.15) is 5.10 Å². The van der Waals surface area contributed by atoms with E-state index in [0.29, 0.717) is 0 Å². The second kappa shape index (κ2) is 13.4. The van der Waals surface area contributed by atoms with E-state index in [1.165, 1.54) is 50.1 Å². The number of aryl methyl sites for hydroxylation is 1. The maximum absolute atomic E-state index is 5.05. The molecule has 0 radical (unpaired) electrons. The molecule has 0 bridgehead atoms. The molecule has 1 aliphatic rings. The molecule has 0 amide bonds. The number of benzene rings is 5. The van der Waals surface area contributed by atoms with Crippen molar-refractivity contribution in [3.05, 3.63) is 185 Å². The van der Waals surface area contributed by atoms with E-state index in [2.05, 4.69) is 154 Å². The first kappa shape index (κ1) is 29.6. The predicted octanol–water partition coefficient (Wildman–Crippen LogP) is 11.7. The van der Waals surface area contributed by atoms with Crippen LogP contribution in [0.5, 0.6) is 0 Å². The van der Waals surface area contributed by atoms with Crippen LogP contribution in [-0.2, 0) is 0 Å². The molecule has 0 N–H and O–H groups in total. The van der Waals surface area contributed by atoms with Crippen LogP contribution in [-0.4, -0.2) is 6.21 Å². The average molecular weight is 583 g/mol. The zero-order valence-corrected chi connectivity index (χ0v) is 26.4. The Morgan fingerprint density at radius 2 is 1.18 bits per heavy atom. The third-order valence-corrected chi connectivity index (χ3v) is 8.14. The molecule has 45 heavy (non-hydrogen) atoms. The van der Waals surface area contributed by atoms with Gasteiger partial charge in [-0.25, -0.2) is 5.01 Å². The number of nitrogens with zero attached hydrogens (tertiary/aromatic N) is 2. The Bertz CT molecular complexity index is 1920. The highest BCUT2D eigenvalue weighted by molar-refractivity contribution is 6.06. The van der Waals surface area contributed by atoms with Gasteiger partial charge in [-0.15, -0.1) is 0 Å². The van der Waals surface area contributed by atoms with Gasteiger partial charge in [0.05, 0.1) is 17.6 Å². The van der Waals surface area contributed by atoms with Gasteiger partial charge in [0.25, 0.3) is 0 Å². The number of hydrazone groups is 1. The van der Waals surface area contributed by atoms with Crippen LogP contribution in [0.3, 0.4) is 0 Å². The number of fused-ring (bicyclic) bond motifs is 3. The minimum atomic E-state index is 0.994. The van der Waals surface area contributed by atoms with Gasteiger partial charge in [0.2, 0.25) is 0 Å². The Kier molecular flexibility index (Phi) is 8.84. The van der Waals surface area contributed by atoms with Gasteiger partial charge in [0.1, 0.15) is 0 Å². The molecule has 6 rings (SSSR count). The van der Waals surface area contributed by atoms with Gasteiger partial charge in [-0.05, 0) is 120 Å². The lowest BCUT2D eigenvalue weighted by Gasteiger charge is -2.20. The van der Waals surface area contributed by atoms with Gasteiger partial charge in [-0.1, -0.05) is 121 Å². The maximum Gasteiger partial charge on any atom is 0.0653 e. The van der Waals surface area contributed by atoms with Crippen molar-refractivity contribution < 1.29 is 0 Å². The molecule has 0 atom stereocenters. The number of rotatable bonds is 8. The first-order valence-electron chi connectivity index (χ1n) is 15.5. The number of para-hydroxylation sites is 1. The molecule has 2 heteroatoms. The summed E-state index contributed by atoms with van der Waals surface area (Å²) in [5, 5.41) is 7.06. The van der Waals surface area contributed by atoms with Gasteiger partial charge < -0.3 is 0 Å². The van der Waals surface area contributed by atoms with E-state index < -0.39 is 0 Å². The van der Waals surface area contributed by atoms with Crippen LogP contribution in [0.15, 0.2) is 162 Å².